The number of phenolic OH excluding ortho intramolecular Hbond substituents is 1. The molecule has 2 fully saturated rings. The van der Waals surface area contributed by atoms with E-state index in [-0.39, 0.29) is 17.8 Å². The number of nitrogens with two attached hydrogens (primary N) is 1. The molecule has 0 aromatic heterocycles. The molecule has 0 saturated carbocycles. The van der Waals surface area contributed by atoms with Gasteiger partial charge in [0, 0.05) is 104 Å². The zero-order chi connectivity index (χ0) is 46.1. The Bertz CT molecular complexity index is 2060. The van der Waals surface area contributed by atoms with E-state index in [9.17, 15) is 14.7 Å². The molecule has 16 heteroatoms. The zero-order valence-electron chi connectivity index (χ0n) is 37.9. The fourth-order valence-corrected chi connectivity index (χ4v) is 7.64. The molecule has 4 aromatic rings. The number of nitrogens with one attached hydrogen (secondary N) is 1. The highest BCUT2D eigenvalue weighted by atomic mass is 128. The van der Waals surface area contributed by atoms with Crippen LogP contribution < -0.4 is 25.3 Å². The smallest absolute Gasteiger partial charge is 0.370 e. The molecule has 3 aliphatic rings. The second-order valence-electron chi connectivity index (χ2n) is 16.2. The van der Waals surface area contributed by atoms with E-state index in [2.05, 4.69) is 80.0 Å². The third-order valence-corrected chi connectivity index (χ3v) is 10.9. The summed E-state index contributed by atoms with van der Waals surface area (Å²) in [6.45, 7) is 17.3. The van der Waals surface area contributed by atoms with E-state index in [0.29, 0.717) is 47.5 Å². The van der Waals surface area contributed by atoms with E-state index in [1.54, 1.807) is 45.4 Å². The van der Waals surface area contributed by atoms with Crippen LogP contribution in [0.25, 0.3) is 21.5 Å². The van der Waals surface area contributed by atoms with E-state index in [1.165, 1.54) is 7.11 Å². The lowest BCUT2D eigenvalue weighted by Crippen LogP contribution is -2.43. The molecule has 4 aromatic carbocycles. The molecule has 14 nitrogen and oxygen atoms in total. The number of amides is 1. The molecule has 2 saturated heterocycles. The first-order chi connectivity index (χ1) is 30.2. The van der Waals surface area contributed by atoms with Crippen LogP contribution in [0.15, 0.2) is 60.7 Å². The van der Waals surface area contributed by atoms with Crippen molar-refractivity contribution in [3.63, 3.8) is 0 Å². The summed E-state index contributed by atoms with van der Waals surface area (Å²) in [7, 11) is 4.63. The van der Waals surface area contributed by atoms with Gasteiger partial charge >= 0.3 is 11.9 Å². The maximum Gasteiger partial charge on any atom is 0.370 e. The van der Waals surface area contributed by atoms with Gasteiger partial charge in [-0.3, -0.25) is 4.79 Å². The molecule has 7 rings (SSSR count). The van der Waals surface area contributed by atoms with Crippen molar-refractivity contribution in [1.29, 1.82) is 0 Å². The summed E-state index contributed by atoms with van der Waals surface area (Å²) in [6.07, 6.45) is 5.85. The molecular formula is C47H66I2N4O10. The number of piperidine rings is 2. The maximum atomic E-state index is 12.5. The van der Waals surface area contributed by atoms with Crippen LogP contribution in [0.1, 0.15) is 81.0 Å². The van der Waals surface area contributed by atoms with Crippen molar-refractivity contribution in [2.24, 2.45) is 5.73 Å². The van der Waals surface area contributed by atoms with Gasteiger partial charge in [0.25, 0.3) is 5.91 Å². The Morgan fingerprint density at radius 1 is 0.778 bits per heavy atom. The van der Waals surface area contributed by atoms with Gasteiger partial charge in [-0.1, -0.05) is 12.1 Å². The fraction of sp³-hybridized carbons (Fsp3) is 0.532. The SMILES string of the molecule is CC(C)OC1CCN(CCN)CC1.COc1ccc2cc(C(=O)NCCN3CCC(OC(C)C)CC3)c(O)cc2c1.COc1ccc2cc3c(cc2c1)OC(C)(OC)OC3=O.II. The van der Waals surface area contributed by atoms with Crippen molar-refractivity contribution in [3.8, 4) is 23.0 Å². The second kappa shape index (κ2) is 26.0. The van der Waals surface area contributed by atoms with Crippen molar-refractivity contribution in [2.45, 2.75) is 90.7 Å². The number of nitrogens with zero attached hydrogens (tertiary/aromatic N) is 2. The van der Waals surface area contributed by atoms with Crippen molar-refractivity contribution >= 4 is 70.7 Å². The van der Waals surface area contributed by atoms with Crippen LogP contribution in [0.4, 0.5) is 0 Å². The Labute approximate surface area is 396 Å². The third-order valence-electron chi connectivity index (χ3n) is 10.9. The number of hydrogen-bond donors (Lipinski definition) is 3. The second-order valence-corrected chi connectivity index (χ2v) is 16.2. The monoisotopic (exact) mass is 1100 g/mol. The number of cyclic esters (lactones) is 1. The summed E-state index contributed by atoms with van der Waals surface area (Å²) in [6, 6.07) is 18.0. The molecule has 1 atom stereocenters. The maximum absolute atomic E-state index is 12.5. The number of likely N-dealkylation sites (tertiary alicyclic amines) is 2. The minimum absolute atomic E-state index is 0.0232. The van der Waals surface area contributed by atoms with Crippen molar-refractivity contribution in [3.05, 3.63) is 71.8 Å². The van der Waals surface area contributed by atoms with E-state index < -0.39 is 11.9 Å². The summed E-state index contributed by atoms with van der Waals surface area (Å²) >= 11 is 4.24. The van der Waals surface area contributed by atoms with Gasteiger partial charge in [0.05, 0.1) is 44.2 Å². The predicted octanol–water partition coefficient (Wildman–Crippen LogP) is 8.50. The van der Waals surface area contributed by atoms with Gasteiger partial charge in [-0.15, -0.1) is 0 Å². The van der Waals surface area contributed by atoms with Gasteiger partial charge in [-0.2, -0.15) is 0 Å². The highest BCUT2D eigenvalue weighted by molar-refractivity contribution is 15.0. The Morgan fingerprint density at radius 2 is 1.29 bits per heavy atom. The fourth-order valence-electron chi connectivity index (χ4n) is 7.64. The number of aromatic hydroxyl groups is 1. The highest BCUT2D eigenvalue weighted by Crippen LogP contribution is 2.36. The molecular weight excluding hydrogens is 1030 g/mol. The van der Waals surface area contributed by atoms with Crippen molar-refractivity contribution in [2.75, 3.05) is 73.7 Å². The Hall–Kier alpha value is -3.24. The average Bonchev–Trinajstić information content (AvgIpc) is 3.27. The summed E-state index contributed by atoms with van der Waals surface area (Å²) in [5.41, 5.74) is 6.18. The summed E-state index contributed by atoms with van der Waals surface area (Å²) in [4.78, 5) is 29.3. The number of phenols is 1. The lowest BCUT2D eigenvalue weighted by molar-refractivity contribution is -0.297. The molecule has 0 aliphatic carbocycles. The van der Waals surface area contributed by atoms with Crippen LogP contribution in [0, 0.1) is 0 Å². The molecule has 1 amide bonds. The molecule has 63 heavy (non-hydrogen) atoms. The number of fused-ring (bicyclic) bond motifs is 3. The number of esters is 1. The molecule has 3 aliphatic heterocycles. The van der Waals surface area contributed by atoms with Gasteiger partial charge < -0.3 is 59.1 Å². The lowest BCUT2D eigenvalue weighted by Gasteiger charge is -2.32. The first-order valence-electron chi connectivity index (χ1n) is 21.5. The van der Waals surface area contributed by atoms with Crippen LogP contribution in [-0.4, -0.2) is 131 Å². The third kappa shape index (κ3) is 16.0. The minimum Gasteiger partial charge on any atom is -0.507 e. The minimum atomic E-state index is -1.39. The molecule has 1 unspecified atom stereocenters. The zero-order valence-corrected chi connectivity index (χ0v) is 42.2. The Morgan fingerprint density at radius 3 is 1.78 bits per heavy atom. The molecule has 0 spiro atoms. The van der Waals surface area contributed by atoms with Crippen molar-refractivity contribution < 1.29 is 47.9 Å². The van der Waals surface area contributed by atoms with Gasteiger partial charge in [-0.05, 0) is 123 Å². The molecule has 348 valence electrons. The van der Waals surface area contributed by atoms with Crippen molar-refractivity contribution in [1.82, 2.24) is 15.1 Å². The van der Waals surface area contributed by atoms with E-state index in [1.807, 2.05) is 36.4 Å². The van der Waals surface area contributed by atoms with Crippen LogP contribution >= 0.6 is 37.2 Å². The number of halogens is 2. The number of hydrogen-bond acceptors (Lipinski definition) is 13. The molecule has 0 bridgehead atoms. The van der Waals surface area contributed by atoms with Crippen LogP contribution in [0.2, 0.25) is 0 Å². The quantitative estimate of drug-likeness (QED) is 0.0864. The predicted molar refractivity (Wildman–Crippen MR) is 265 cm³/mol. The van der Waals surface area contributed by atoms with Crippen LogP contribution in [-0.2, 0) is 18.9 Å². The van der Waals surface area contributed by atoms with Crippen LogP contribution in [0.3, 0.4) is 0 Å². The summed E-state index contributed by atoms with van der Waals surface area (Å²) in [5, 5.41) is 16.7. The van der Waals surface area contributed by atoms with E-state index in [0.717, 1.165) is 98.8 Å². The Kier molecular flexibility index (Phi) is 21.7. The van der Waals surface area contributed by atoms with E-state index >= 15 is 0 Å². The number of rotatable bonds is 13. The topological polar surface area (TPSA) is 164 Å². The number of methoxy groups -OCH3 is 3. The lowest BCUT2D eigenvalue weighted by atomic mass is 10.0. The normalized spacial score (nSPS) is 18.2. The average molecular weight is 1100 g/mol. The van der Waals surface area contributed by atoms with Gasteiger partial charge in [0.2, 0.25) is 0 Å². The highest BCUT2D eigenvalue weighted by Gasteiger charge is 2.38. The van der Waals surface area contributed by atoms with Gasteiger partial charge in [-0.25, -0.2) is 4.79 Å². The van der Waals surface area contributed by atoms with Gasteiger partial charge in [0.15, 0.2) is 0 Å². The molecule has 4 N–H and O–H groups in total. The Balaban J connectivity index is 0.000000217. The molecule has 3 heterocycles. The van der Waals surface area contributed by atoms with E-state index in [4.69, 9.17) is 38.9 Å². The first-order valence-corrected chi connectivity index (χ1v) is 27.8. The largest absolute Gasteiger partial charge is 0.507 e. The summed E-state index contributed by atoms with van der Waals surface area (Å²) in [5.74, 6) is -0.244. The summed E-state index contributed by atoms with van der Waals surface area (Å²) < 4.78 is 37.8. The number of carbonyl (C=O) groups excluding carboxylic acids is 2. The first kappa shape index (κ1) is 52.4. The van der Waals surface area contributed by atoms with Gasteiger partial charge in [0.1, 0.15) is 28.6 Å². The number of ether oxygens (including phenoxy) is 7. The standard InChI is InChI=1S/C22H30N2O4.C15H14O5.C10H22N2O.I2/c1-15(2)28-18-6-9-24(10-7-18)11-8-23-22(26)20-13-16-4-5-19(27-3)12-17(16)14-21(20)25;1-15(18-3)19-13-8-10-6-11(17-2)5-4-9(10)7-12(13)14(16)20-15;1-9(2)13-10-3-6-12(7-4-10)8-5-11;1-2/h4-5,12-15,18,25H,6-11H2,1-3H3,(H,23,26);4-8H,1-3H3;9-10H,3-8,11H2,1-2H3;. The number of benzene rings is 4. The van der Waals surface area contributed by atoms with Crippen LogP contribution in [0.5, 0.6) is 23.0 Å². The number of carbonyl (C=O) groups is 2. The molecule has 0 radical (unpaired) electrons.